The van der Waals surface area contributed by atoms with Gasteiger partial charge in [-0.2, -0.15) is 0 Å². The highest BCUT2D eigenvalue weighted by molar-refractivity contribution is 7.95. The number of nitrogens with one attached hydrogen (secondary N) is 2. The number of rotatable bonds is 5. The van der Waals surface area contributed by atoms with Crippen LogP contribution in [0.5, 0.6) is 0 Å². The van der Waals surface area contributed by atoms with Gasteiger partial charge in [0.05, 0.1) is 5.41 Å². The Hall–Kier alpha value is -2.80. The van der Waals surface area contributed by atoms with Crippen molar-refractivity contribution in [1.82, 2.24) is 0 Å². The molecule has 0 unspecified atom stereocenters. The van der Waals surface area contributed by atoms with E-state index in [0.29, 0.717) is 11.4 Å². The number of anilines is 2. The first-order valence-corrected chi connectivity index (χ1v) is 7.92. The fourth-order valence-corrected chi connectivity index (χ4v) is 2.56. The van der Waals surface area contributed by atoms with Crippen LogP contribution >= 0.6 is 0 Å². The van der Waals surface area contributed by atoms with E-state index in [1.165, 1.54) is 18.2 Å². The van der Waals surface area contributed by atoms with Crippen molar-refractivity contribution in [3.05, 3.63) is 65.6 Å². The van der Waals surface area contributed by atoms with E-state index < -0.39 is 16.1 Å². The molecule has 2 aromatic carbocycles. The standard InChI is InChI=1S/C15H15N3O3S/c16-15(19)17-13-6-8-14(9-7-13)18-22(20,21)11-10-12-4-2-1-3-5-12/h1-11,18H,(H3,16,17,19)/b11-10+. The Bertz CT molecular complexity index is 769. The molecule has 0 aliphatic rings. The molecule has 2 amide bonds. The lowest BCUT2D eigenvalue weighted by molar-refractivity contribution is 0.259. The number of primary amides is 1. The predicted octanol–water partition coefficient (Wildman–Crippen LogP) is 2.59. The zero-order chi connectivity index (χ0) is 16.0. The Balaban J connectivity index is 2.05. The Morgan fingerprint density at radius 2 is 1.55 bits per heavy atom. The Labute approximate surface area is 128 Å². The quantitative estimate of drug-likeness (QED) is 0.790. The predicted molar refractivity (Wildman–Crippen MR) is 87.7 cm³/mol. The van der Waals surface area contributed by atoms with Crippen molar-refractivity contribution in [2.45, 2.75) is 0 Å². The van der Waals surface area contributed by atoms with E-state index in [9.17, 15) is 13.2 Å². The number of urea groups is 1. The minimum atomic E-state index is -3.61. The first-order valence-electron chi connectivity index (χ1n) is 6.37. The van der Waals surface area contributed by atoms with E-state index in [1.807, 2.05) is 18.2 Å². The third kappa shape index (κ3) is 4.95. The molecule has 0 aromatic heterocycles. The maximum atomic E-state index is 11.9. The first kappa shape index (κ1) is 15.6. The number of amides is 2. The molecule has 22 heavy (non-hydrogen) atoms. The summed E-state index contributed by atoms with van der Waals surface area (Å²) < 4.78 is 26.3. The van der Waals surface area contributed by atoms with Crippen LogP contribution in [-0.4, -0.2) is 14.4 Å². The van der Waals surface area contributed by atoms with Gasteiger partial charge in [-0.05, 0) is 35.9 Å². The molecule has 7 heteroatoms. The van der Waals surface area contributed by atoms with E-state index in [0.717, 1.165) is 11.0 Å². The van der Waals surface area contributed by atoms with Gasteiger partial charge in [0.25, 0.3) is 10.0 Å². The smallest absolute Gasteiger partial charge is 0.316 e. The largest absolute Gasteiger partial charge is 0.351 e. The highest BCUT2D eigenvalue weighted by atomic mass is 32.2. The molecule has 2 rings (SSSR count). The average molecular weight is 317 g/mol. The summed E-state index contributed by atoms with van der Waals surface area (Å²) in [7, 11) is -3.61. The van der Waals surface area contributed by atoms with Crippen molar-refractivity contribution in [3.63, 3.8) is 0 Å². The minimum Gasteiger partial charge on any atom is -0.351 e. The molecule has 0 saturated heterocycles. The molecule has 2 aromatic rings. The van der Waals surface area contributed by atoms with Crippen LogP contribution in [0.1, 0.15) is 5.56 Å². The van der Waals surface area contributed by atoms with Crippen LogP contribution in [0.4, 0.5) is 16.2 Å². The van der Waals surface area contributed by atoms with E-state index in [2.05, 4.69) is 10.0 Å². The van der Waals surface area contributed by atoms with Crippen LogP contribution in [0.15, 0.2) is 60.0 Å². The van der Waals surface area contributed by atoms with Crippen LogP contribution in [0.25, 0.3) is 6.08 Å². The van der Waals surface area contributed by atoms with Crippen LogP contribution in [-0.2, 0) is 10.0 Å². The van der Waals surface area contributed by atoms with E-state index >= 15 is 0 Å². The van der Waals surface area contributed by atoms with Gasteiger partial charge in [-0.25, -0.2) is 13.2 Å². The summed E-state index contributed by atoms with van der Waals surface area (Å²) in [5.41, 5.74) is 6.64. The maximum absolute atomic E-state index is 11.9. The molecule has 0 heterocycles. The van der Waals surface area contributed by atoms with Gasteiger partial charge in [-0.1, -0.05) is 30.3 Å². The molecule has 0 bridgehead atoms. The highest BCUT2D eigenvalue weighted by Crippen LogP contribution is 2.15. The fourth-order valence-electron chi connectivity index (χ4n) is 1.69. The number of hydrogen-bond acceptors (Lipinski definition) is 3. The van der Waals surface area contributed by atoms with Crippen molar-refractivity contribution >= 4 is 33.5 Å². The molecule has 0 saturated carbocycles. The summed E-state index contributed by atoms with van der Waals surface area (Å²) in [6.45, 7) is 0. The normalized spacial score (nSPS) is 11.3. The lowest BCUT2D eigenvalue weighted by atomic mass is 10.2. The summed E-state index contributed by atoms with van der Waals surface area (Å²) in [5, 5.41) is 3.48. The number of benzene rings is 2. The summed E-state index contributed by atoms with van der Waals surface area (Å²) in [6.07, 6.45) is 1.51. The zero-order valence-electron chi connectivity index (χ0n) is 11.6. The molecule has 0 aliphatic carbocycles. The second-order valence-corrected chi connectivity index (χ2v) is 5.99. The maximum Gasteiger partial charge on any atom is 0.316 e. The van der Waals surface area contributed by atoms with Crippen molar-refractivity contribution in [2.24, 2.45) is 5.73 Å². The van der Waals surface area contributed by atoms with Gasteiger partial charge in [-0.3, -0.25) is 4.72 Å². The first-order chi connectivity index (χ1) is 10.4. The zero-order valence-corrected chi connectivity index (χ0v) is 12.4. The van der Waals surface area contributed by atoms with Crippen LogP contribution in [0.2, 0.25) is 0 Å². The van der Waals surface area contributed by atoms with Gasteiger partial charge in [0, 0.05) is 11.4 Å². The van der Waals surface area contributed by atoms with Crippen LogP contribution in [0.3, 0.4) is 0 Å². The molecular formula is C15H15N3O3S. The fraction of sp³-hybridized carbons (Fsp3) is 0. The summed E-state index contributed by atoms with van der Waals surface area (Å²) in [6, 6.07) is 14.6. The van der Waals surface area contributed by atoms with Gasteiger partial charge in [0.15, 0.2) is 0 Å². The molecule has 114 valence electrons. The number of nitrogens with two attached hydrogens (primary N) is 1. The van der Waals surface area contributed by atoms with E-state index in [1.54, 1.807) is 24.3 Å². The summed E-state index contributed by atoms with van der Waals surface area (Å²) in [5.74, 6) is 0. The second kappa shape index (κ2) is 6.77. The Morgan fingerprint density at radius 3 is 2.14 bits per heavy atom. The molecule has 0 radical (unpaired) electrons. The van der Waals surface area contributed by atoms with Gasteiger partial charge < -0.3 is 11.1 Å². The van der Waals surface area contributed by atoms with Crippen molar-refractivity contribution < 1.29 is 13.2 Å². The van der Waals surface area contributed by atoms with E-state index in [-0.39, 0.29) is 0 Å². The Morgan fingerprint density at radius 1 is 0.955 bits per heavy atom. The molecule has 0 atom stereocenters. The lowest BCUT2D eigenvalue weighted by Crippen LogP contribution is -2.19. The molecule has 0 spiro atoms. The lowest BCUT2D eigenvalue weighted by Gasteiger charge is -2.06. The topological polar surface area (TPSA) is 101 Å². The number of sulfonamides is 1. The molecule has 4 N–H and O–H groups in total. The van der Waals surface area contributed by atoms with Gasteiger partial charge >= 0.3 is 6.03 Å². The number of carbonyl (C=O) groups is 1. The third-order valence-corrected chi connectivity index (χ3v) is 3.67. The van der Waals surface area contributed by atoms with Crippen LogP contribution < -0.4 is 15.8 Å². The monoisotopic (exact) mass is 317 g/mol. The molecule has 0 aliphatic heterocycles. The van der Waals surface area contributed by atoms with E-state index in [4.69, 9.17) is 5.73 Å². The van der Waals surface area contributed by atoms with Gasteiger partial charge in [0.2, 0.25) is 0 Å². The van der Waals surface area contributed by atoms with Gasteiger partial charge in [0.1, 0.15) is 0 Å². The van der Waals surface area contributed by atoms with Crippen LogP contribution in [0, 0.1) is 0 Å². The minimum absolute atomic E-state index is 0.382. The van der Waals surface area contributed by atoms with Crippen molar-refractivity contribution in [1.29, 1.82) is 0 Å². The van der Waals surface area contributed by atoms with Crippen molar-refractivity contribution in [3.8, 4) is 0 Å². The van der Waals surface area contributed by atoms with Crippen molar-refractivity contribution in [2.75, 3.05) is 10.0 Å². The summed E-state index contributed by atoms with van der Waals surface area (Å²) >= 11 is 0. The molecule has 6 nitrogen and oxygen atoms in total. The second-order valence-electron chi connectivity index (χ2n) is 4.43. The molecule has 0 fully saturated rings. The summed E-state index contributed by atoms with van der Waals surface area (Å²) in [4.78, 5) is 10.7. The number of hydrogen-bond donors (Lipinski definition) is 3. The van der Waals surface area contributed by atoms with Gasteiger partial charge in [-0.15, -0.1) is 0 Å². The Kier molecular flexibility index (Phi) is 4.80. The molecular weight excluding hydrogens is 302 g/mol. The average Bonchev–Trinajstić information content (AvgIpc) is 2.48. The SMILES string of the molecule is NC(=O)Nc1ccc(NS(=O)(=O)/C=C/c2ccccc2)cc1. The number of carbonyl (C=O) groups excluding carboxylic acids is 1. The third-order valence-electron chi connectivity index (χ3n) is 2.65. The highest BCUT2D eigenvalue weighted by Gasteiger charge is 2.05.